The maximum absolute atomic E-state index is 11.7. The molecule has 0 aromatic carbocycles. The summed E-state index contributed by atoms with van der Waals surface area (Å²) in [5, 5.41) is 6.52. The molecule has 1 heterocycles. The van der Waals surface area contributed by atoms with Gasteiger partial charge < -0.3 is 15.4 Å². The molecule has 0 spiro atoms. The van der Waals surface area contributed by atoms with Gasteiger partial charge >= 0.3 is 6.09 Å². The molecule has 2 unspecified atom stereocenters. The summed E-state index contributed by atoms with van der Waals surface area (Å²) < 4.78 is 5.30. The molecule has 98 valence electrons. The van der Waals surface area contributed by atoms with E-state index in [0.29, 0.717) is 6.04 Å². The number of hydrogen-bond acceptors (Lipinski definition) is 3. The third-order valence-electron chi connectivity index (χ3n) is 3.63. The first-order valence-electron chi connectivity index (χ1n) is 6.68. The van der Waals surface area contributed by atoms with Gasteiger partial charge in [0, 0.05) is 12.1 Å². The molecule has 4 heteroatoms. The van der Waals surface area contributed by atoms with Crippen LogP contribution in [0.4, 0.5) is 4.79 Å². The quantitative estimate of drug-likeness (QED) is 0.776. The molecule has 0 aromatic rings. The first-order valence-corrected chi connectivity index (χ1v) is 6.68. The van der Waals surface area contributed by atoms with Gasteiger partial charge in [0.1, 0.15) is 5.60 Å². The van der Waals surface area contributed by atoms with Crippen LogP contribution in [0.2, 0.25) is 0 Å². The van der Waals surface area contributed by atoms with Crippen molar-refractivity contribution >= 4 is 6.09 Å². The lowest BCUT2D eigenvalue weighted by Crippen LogP contribution is -2.50. The second-order valence-electron chi connectivity index (χ2n) is 6.21. The molecule has 1 saturated carbocycles. The molecule has 1 aliphatic carbocycles. The molecule has 2 N–H and O–H groups in total. The molecule has 0 bridgehead atoms. The number of alkyl carbamates (subject to hydrolysis) is 1. The minimum absolute atomic E-state index is 0.246. The van der Waals surface area contributed by atoms with Crippen LogP contribution in [0, 0.1) is 5.92 Å². The highest BCUT2D eigenvalue weighted by Gasteiger charge is 2.37. The van der Waals surface area contributed by atoms with E-state index >= 15 is 0 Å². The van der Waals surface area contributed by atoms with E-state index in [1.54, 1.807) is 0 Å². The summed E-state index contributed by atoms with van der Waals surface area (Å²) in [5.41, 5.74) is -0.415. The van der Waals surface area contributed by atoms with Crippen molar-refractivity contribution in [1.82, 2.24) is 10.6 Å². The van der Waals surface area contributed by atoms with E-state index < -0.39 is 5.60 Å². The van der Waals surface area contributed by atoms with Crippen LogP contribution in [0.1, 0.15) is 46.5 Å². The van der Waals surface area contributed by atoms with Gasteiger partial charge in [-0.05, 0) is 52.5 Å². The smallest absolute Gasteiger partial charge is 0.407 e. The average Bonchev–Trinajstić information content (AvgIpc) is 2.46. The monoisotopic (exact) mass is 240 g/mol. The third kappa shape index (κ3) is 3.35. The molecule has 2 aliphatic rings. The summed E-state index contributed by atoms with van der Waals surface area (Å²) in [6.07, 6.45) is 4.66. The summed E-state index contributed by atoms with van der Waals surface area (Å²) in [5.74, 6) is 0.748. The zero-order valence-electron chi connectivity index (χ0n) is 11.1. The SMILES string of the molecule is CC(C)(C)OC(=O)NC1CCNC1C1CCC1. The van der Waals surface area contributed by atoms with Gasteiger partial charge in [-0.15, -0.1) is 0 Å². The molecular formula is C13H24N2O2. The highest BCUT2D eigenvalue weighted by Crippen LogP contribution is 2.33. The topological polar surface area (TPSA) is 50.4 Å². The lowest BCUT2D eigenvalue weighted by atomic mass is 9.78. The number of rotatable bonds is 2. The van der Waals surface area contributed by atoms with Gasteiger partial charge in [-0.25, -0.2) is 4.79 Å². The fourth-order valence-electron chi connectivity index (χ4n) is 2.64. The summed E-state index contributed by atoms with van der Waals surface area (Å²) >= 11 is 0. The van der Waals surface area contributed by atoms with Crippen LogP contribution < -0.4 is 10.6 Å². The van der Waals surface area contributed by atoms with Gasteiger partial charge in [0.15, 0.2) is 0 Å². The Kier molecular flexibility index (Phi) is 3.61. The Hall–Kier alpha value is -0.770. The first kappa shape index (κ1) is 12.7. The van der Waals surface area contributed by atoms with Crippen molar-refractivity contribution < 1.29 is 9.53 Å². The summed E-state index contributed by atoms with van der Waals surface area (Å²) in [6.45, 7) is 6.68. The second kappa shape index (κ2) is 4.84. The highest BCUT2D eigenvalue weighted by atomic mass is 16.6. The van der Waals surface area contributed by atoms with Crippen LogP contribution in [0.25, 0.3) is 0 Å². The second-order valence-corrected chi connectivity index (χ2v) is 6.21. The first-order chi connectivity index (χ1) is 7.96. The van der Waals surface area contributed by atoms with Crippen LogP contribution >= 0.6 is 0 Å². The van der Waals surface area contributed by atoms with E-state index in [0.717, 1.165) is 18.9 Å². The predicted molar refractivity (Wildman–Crippen MR) is 66.9 cm³/mol. The Morgan fingerprint density at radius 2 is 2.00 bits per heavy atom. The lowest BCUT2D eigenvalue weighted by molar-refractivity contribution is 0.0487. The van der Waals surface area contributed by atoms with E-state index in [9.17, 15) is 4.79 Å². The van der Waals surface area contributed by atoms with Crippen molar-refractivity contribution in [1.29, 1.82) is 0 Å². The van der Waals surface area contributed by atoms with Crippen LogP contribution in [-0.4, -0.2) is 30.3 Å². The van der Waals surface area contributed by atoms with Gasteiger partial charge in [-0.3, -0.25) is 0 Å². The highest BCUT2D eigenvalue weighted by molar-refractivity contribution is 5.68. The third-order valence-corrected chi connectivity index (χ3v) is 3.63. The van der Waals surface area contributed by atoms with Gasteiger partial charge in [-0.1, -0.05) is 6.42 Å². The molecule has 0 radical (unpaired) electrons. The van der Waals surface area contributed by atoms with Gasteiger partial charge in [0.2, 0.25) is 0 Å². The van der Waals surface area contributed by atoms with E-state index in [2.05, 4.69) is 10.6 Å². The molecular weight excluding hydrogens is 216 g/mol. The lowest BCUT2D eigenvalue weighted by Gasteiger charge is -2.35. The molecule has 4 nitrogen and oxygen atoms in total. The molecule has 2 fully saturated rings. The Morgan fingerprint density at radius 1 is 1.29 bits per heavy atom. The zero-order valence-corrected chi connectivity index (χ0v) is 11.1. The van der Waals surface area contributed by atoms with Crippen LogP contribution in [0.5, 0.6) is 0 Å². The molecule has 2 rings (SSSR count). The largest absolute Gasteiger partial charge is 0.444 e. The summed E-state index contributed by atoms with van der Waals surface area (Å²) in [4.78, 5) is 11.7. The van der Waals surface area contributed by atoms with Crippen LogP contribution in [0.3, 0.4) is 0 Å². The standard InChI is InChI=1S/C13H24N2O2/c1-13(2,3)17-12(16)15-10-7-8-14-11(10)9-5-4-6-9/h9-11,14H,4-8H2,1-3H3,(H,15,16). The summed E-state index contributed by atoms with van der Waals surface area (Å²) in [6, 6.07) is 0.700. The number of amides is 1. The van der Waals surface area contributed by atoms with E-state index in [1.165, 1.54) is 19.3 Å². The van der Waals surface area contributed by atoms with Crippen molar-refractivity contribution in [2.45, 2.75) is 64.1 Å². The Balaban J connectivity index is 1.82. The van der Waals surface area contributed by atoms with E-state index in [4.69, 9.17) is 4.74 Å². The maximum atomic E-state index is 11.7. The van der Waals surface area contributed by atoms with Crippen LogP contribution in [0.15, 0.2) is 0 Å². The Bertz CT molecular complexity index is 282. The van der Waals surface area contributed by atoms with Crippen molar-refractivity contribution in [2.75, 3.05) is 6.54 Å². The average molecular weight is 240 g/mol. The van der Waals surface area contributed by atoms with Gasteiger partial charge in [0.25, 0.3) is 0 Å². The summed E-state index contributed by atoms with van der Waals surface area (Å²) in [7, 11) is 0. The molecule has 1 aliphatic heterocycles. The fourth-order valence-corrected chi connectivity index (χ4v) is 2.64. The van der Waals surface area contributed by atoms with E-state index in [-0.39, 0.29) is 12.1 Å². The molecule has 1 amide bonds. The molecule has 1 saturated heterocycles. The van der Waals surface area contributed by atoms with Gasteiger partial charge in [-0.2, -0.15) is 0 Å². The number of carbonyl (C=O) groups excluding carboxylic acids is 1. The van der Waals surface area contributed by atoms with Crippen molar-refractivity contribution in [3.8, 4) is 0 Å². The minimum atomic E-state index is -0.415. The van der Waals surface area contributed by atoms with Crippen molar-refractivity contribution in [2.24, 2.45) is 5.92 Å². The molecule has 17 heavy (non-hydrogen) atoms. The number of nitrogens with one attached hydrogen (secondary N) is 2. The van der Waals surface area contributed by atoms with Gasteiger partial charge in [0.05, 0.1) is 0 Å². The van der Waals surface area contributed by atoms with Crippen LogP contribution in [-0.2, 0) is 4.74 Å². The molecule has 0 aromatic heterocycles. The Morgan fingerprint density at radius 3 is 2.53 bits per heavy atom. The van der Waals surface area contributed by atoms with Crippen molar-refractivity contribution in [3.05, 3.63) is 0 Å². The fraction of sp³-hybridized carbons (Fsp3) is 0.923. The van der Waals surface area contributed by atoms with Crippen molar-refractivity contribution in [3.63, 3.8) is 0 Å². The maximum Gasteiger partial charge on any atom is 0.407 e. The molecule has 2 atom stereocenters. The predicted octanol–water partition coefficient (Wildman–Crippen LogP) is 2.04. The Labute approximate surface area is 103 Å². The minimum Gasteiger partial charge on any atom is -0.444 e. The zero-order chi connectivity index (χ0) is 12.5. The number of ether oxygens (including phenoxy) is 1. The normalized spacial score (nSPS) is 29.8. The number of hydrogen-bond donors (Lipinski definition) is 2. The van der Waals surface area contributed by atoms with E-state index in [1.807, 2.05) is 20.8 Å². The number of carbonyl (C=O) groups is 1.